The van der Waals surface area contributed by atoms with Gasteiger partial charge in [0.25, 0.3) is 5.91 Å². The summed E-state index contributed by atoms with van der Waals surface area (Å²) < 4.78 is 10.3. The number of nitrogens with zero attached hydrogens (tertiary/aromatic N) is 3. The molecule has 6 nitrogen and oxygen atoms in total. The third-order valence-corrected chi connectivity index (χ3v) is 3.86. The van der Waals surface area contributed by atoms with Crippen molar-refractivity contribution in [2.75, 3.05) is 27.3 Å². The molecule has 3 rings (SSSR count). The first-order valence-electron chi connectivity index (χ1n) is 7.58. The number of hydrogen-bond donors (Lipinski definition) is 0. The molecule has 2 heterocycles. The molecule has 1 aromatic heterocycles. The maximum absolute atomic E-state index is 12.5. The van der Waals surface area contributed by atoms with Crippen molar-refractivity contribution in [3.63, 3.8) is 0 Å². The average molecular weight is 313 g/mol. The van der Waals surface area contributed by atoms with Crippen LogP contribution in [0.3, 0.4) is 0 Å². The molecule has 1 fully saturated rings. The number of hydrogen-bond acceptors (Lipinski definition) is 5. The quantitative estimate of drug-likeness (QED) is 0.867. The van der Waals surface area contributed by atoms with Crippen LogP contribution in [0.25, 0.3) is 11.4 Å². The van der Waals surface area contributed by atoms with Gasteiger partial charge in [-0.1, -0.05) is 12.1 Å². The summed E-state index contributed by atoms with van der Waals surface area (Å²) in [5, 5.41) is 0. The smallest absolute Gasteiger partial charge is 0.253 e. The number of carbonyl (C=O) groups excluding carboxylic acids is 1. The summed E-state index contributed by atoms with van der Waals surface area (Å²) in [5.74, 6) is 1.36. The van der Waals surface area contributed by atoms with E-state index >= 15 is 0 Å². The molecule has 0 unspecified atom stereocenters. The Balaban J connectivity index is 1.94. The third kappa shape index (κ3) is 3.26. The van der Waals surface area contributed by atoms with Crippen LogP contribution in [0.2, 0.25) is 0 Å². The van der Waals surface area contributed by atoms with Gasteiger partial charge in [-0.15, -0.1) is 0 Å². The molecule has 23 heavy (non-hydrogen) atoms. The van der Waals surface area contributed by atoms with Crippen LogP contribution < -0.4 is 9.47 Å². The van der Waals surface area contributed by atoms with Crippen LogP contribution in [0.5, 0.6) is 11.8 Å². The van der Waals surface area contributed by atoms with Crippen molar-refractivity contribution in [1.82, 2.24) is 14.9 Å². The molecule has 0 aliphatic carbocycles. The number of methoxy groups -OCH3 is 2. The van der Waals surface area contributed by atoms with E-state index in [1.807, 2.05) is 29.2 Å². The second kappa shape index (κ2) is 6.64. The van der Waals surface area contributed by atoms with Crippen molar-refractivity contribution in [3.8, 4) is 23.1 Å². The fourth-order valence-corrected chi connectivity index (χ4v) is 2.64. The summed E-state index contributed by atoms with van der Waals surface area (Å²) >= 11 is 0. The zero-order valence-electron chi connectivity index (χ0n) is 13.3. The van der Waals surface area contributed by atoms with Gasteiger partial charge < -0.3 is 14.4 Å². The molecule has 2 aromatic rings. The van der Waals surface area contributed by atoms with E-state index in [1.165, 1.54) is 0 Å². The second-order valence-electron chi connectivity index (χ2n) is 5.36. The molecule has 120 valence electrons. The maximum atomic E-state index is 12.5. The van der Waals surface area contributed by atoms with Gasteiger partial charge in [0.2, 0.25) is 11.8 Å². The number of likely N-dealkylation sites (tertiary alicyclic amines) is 1. The summed E-state index contributed by atoms with van der Waals surface area (Å²) in [6.07, 6.45) is 2.14. The lowest BCUT2D eigenvalue weighted by atomic mass is 10.1. The molecule has 1 amide bonds. The Bertz CT molecular complexity index is 690. The van der Waals surface area contributed by atoms with Crippen LogP contribution in [0.1, 0.15) is 23.2 Å². The van der Waals surface area contributed by atoms with E-state index in [9.17, 15) is 4.79 Å². The Morgan fingerprint density at radius 2 is 1.70 bits per heavy atom. The molecule has 0 saturated carbocycles. The van der Waals surface area contributed by atoms with Gasteiger partial charge in [-0.25, -0.2) is 0 Å². The van der Waals surface area contributed by atoms with E-state index in [2.05, 4.69) is 9.97 Å². The van der Waals surface area contributed by atoms with Crippen LogP contribution in [-0.4, -0.2) is 48.1 Å². The minimum absolute atomic E-state index is 0.0548. The number of ether oxygens (including phenoxy) is 2. The molecule has 6 heteroatoms. The highest BCUT2D eigenvalue weighted by atomic mass is 16.5. The predicted molar refractivity (Wildman–Crippen MR) is 85.7 cm³/mol. The Morgan fingerprint density at radius 1 is 1.04 bits per heavy atom. The molecular weight excluding hydrogens is 294 g/mol. The van der Waals surface area contributed by atoms with Crippen LogP contribution >= 0.6 is 0 Å². The van der Waals surface area contributed by atoms with Gasteiger partial charge in [0, 0.05) is 24.2 Å². The molecule has 0 N–H and O–H groups in total. The van der Waals surface area contributed by atoms with E-state index < -0.39 is 0 Å². The maximum Gasteiger partial charge on any atom is 0.253 e. The second-order valence-corrected chi connectivity index (χ2v) is 5.36. The van der Waals surface area contributed by atoms with Gasteiger partial charge in [0.05, 0.1) is 20.3 Å². The molecule has 0 bridgehead atoms. The highest BCUT2D eigenvalue weighted by Gasteiger charge is 2.20. The molecule has 0 radical (unpaired) electrons. The van der Waals surface area contributed by atoms with E-state index in [-0.39, 0.29) is 5.91 Å². The largest absolute Gasteiger partial charge is 0.481 e. The van der Waals surface area contributed by atoms with E-state index in [0.717, 1.165) is 31.5 Å². The molecule has 1 aliphatic heterocycles. The van der Waals surface area contributed by atoms with E-state index in [4.69, 9.17) is 9.47 Å². The monoisotopic (exact) mass is 313 g/mol. The number of rotatable bonds is 4. The molecule has 1 aromatic carbocycles. The Morgan fingerprint density at radius 3 is 2.30 bits per heavy atom. The topological polar surface area (TPSA) is 64.6 Å². The number of benzene rings is 1. The third-order valence-electron chi connectivity index (χ3n) is 3.86. The summed E-state index contributed by atoms with van der Waals surface area (Å²) in [6.45, 7) is 1.65. The van der Waals surface area contributed by atoms with Gasteiger partial charge >= 0.3 is 0 Å². The first-order valence-corrected chi connectivity index (χ1v) is 7.58. The lowest BCUT2D eigenvalue weighted by Crippen LogP contribution is -2.27. The highest BCUT2D eigenvalue weighted by molar-refractivity contribution is 5.95. The summed E-state index contributed by atoms with van der Waals surface area (Å²) in [5.41, 5.74) is 1.40. The van der Waals surface area contributed by atoms with Gasteiger partial charge in [-0.05, 0) is 25.0 Å². The standard InChI is InChI=1S/C17H19N3O3/c1-22-14-11-15(23-2)19-16(18-14)12-6-5-7-13(10-12)17(21)20-8-3-4-9-20/h5-7,10-11H,3-4,8-9H2,1-2H3. The fourth-order valence-electron chi connectivity index (χ4n) is 2.64. The summed E-state index contributed by atoms with van der Waals surface area (Å²) in [6, 6.07) is 8.96. The average Bonchev–Trinajstić information content (AvgIpc) is 3.15. The number of aromatic nitrogens is 2. The minimum atomic E-state index is 0.0548. The Hall–Kier alpha value is -2.63. The lowest BCUT2D eigenvalue weighted by molar-refractivity contribution is 0.0793. The summed E-state index contributed by atoms with van der Waals surface area (Å²) in [7, 11) is 3.08. The van der Waals surface area contributed by atoms with Crippen molar-refractivity contribution in [3.05, 3.63) is 35.9 Å². The van der Waals surface area contributed by atoms with Crippen molar-refractivity contribution < 1.29 is 14.3 Å². The van der Waals surface area contributed by atoms with Crippen molar-refractivity contribution in [1.29, 1.82) is 0 Å². The van der Waals surface area contributed by atoms with Crippen LogP contribution in [0.4, 0.5) is 0 Å². The van der Waals surface area contributed by atoms with E-state index in [1.54, 1.807) is 20.3 Å². The normalized spacial score (nSPS) is 13.9. The molecule has 1 saturated heterocycles. The first-order chi connectivity index (χ1) is 11.2. The molecule has 0 atom stereocenters. The van der Waals surface area contributed by atoms with Crippen molar-refractivity contribution in [2.45, 2.75) is 12.8 Å². The highest BCUT2D eigenvalue weighted by Crippen LogP contribution is 2.24. The van der Waals surface area contributed by atoms with Crippen molar-refractivity contribution in [2.24, 2.45) is 0 Å². The zero-order chi connectivity index (χ0) is 16.2. The van der Waals surface area contributed by atoms with E-state index in [0.29, 0.717) is 23.1 Å². The Labute approximate surface area is 135 Å². The molecule has 0 spiro atoms. The Kier molecular flexibility index (Phi) is 4.41. The van der Waals surface area contributed by atoms with Crippen LogP contribution in [-0.2, 0) is 0 Å². The molecule has 1 aliphatic rings. The van der Waals surface area contributed by atoms with Gasteiger partial charge in [0.1, 0.15) is 0 Å². The molecular formula is C17H19N3O3. The predicted octanol–water partition coefficient (Wildman–Crippen LogP) is 2.40. The lowest BCUT2D eigenvalue weighted by Gasteiger charge is -2.15. The SMILES string of the molecule is COc1cc(OC)nc(-c2cccc(C(=O)N3CCCC3)c2)n1. The minimum Gasteiger partial charge on any atom is -0.481 e. The van der Waals surface area contributed by atoms with Gasteiger partial charge in [-0.2, -0.15) is 9.97 Å². The van der Waals surface area contributed by atoms with Crippen LogP contribution in [0, 0.1) is 0 Å². The fraction of sp³-hybridized carbons (Fsp3) is 0.353. The van der Waals surface area contributed by atoms with Crippen molar-refractivity contribution >= 4 is 5.91 Å². The summed E-state index contributed by atoms with van der Waals surface area (Å²) in [4.78, 5) is 23.1. The van der Waals surface area contributed by atoms with Gasteiger partial charge in [-0.3, -0.25) is 4.79 Å². The van der Waals surface area contributed by atoms with Gasteiger partial charge in [0.15, 0.2) is 5.82 Å². The van der Waals surface area contributed by atoms with Crippen LogP contribution in [0.15, 0.2) is 30.3 Å². The zero-order valence-corrected chi connectivity index (χ0v) is 13.3. The first kappa shape index (κ1) is 15.3. The number of carbonyl (C=O) groups is 1. The number of amides is 1.